The minimum Gasteiger partial charge on any atom is -0.303 e. The molecule has 1 amide bonds. The number of hydrogen-bond acceptors (Lipinski definition) is 7. The largest absolute Gasteiger partial charge is 0.471 e. The number of carbonyl (C=O) groups excluding carboxylic acids is 1. The van der Waals surface area contributed by atoms with Gasteiger partial charge in [0.25, 0.3) is 11.5 Å². The van der Waals surface area contributed by atoms with Gasteiger partial charge in [0.05, 0.1) is 17.5 Å². The number of fused-ring (bicyclic) bond motifs is 1. The van der Waals surface area contributed by atoms with Crippen LogP contribution in [0.25, 0.3) is 21.5 Å². The predicted octanol–water partition coefficient (Wildman–Crippen LogP) is 3.17. The molecule has 0 fully saturated rings. The summed E-state index contributed by atoms with van der Waals surface area (Å²) >= 11 is 1.69. The fraction of sp³-hybridized carbons (Fsp3) is 0.273. The van der Waals surface area contributed by atoms with Gasteiger partial charge in [-0.25, -0.2) is 18.1 Å². The average Bonchev–Trinajstić information content (AvgIpc) is 3.39. The van der Waals surface area contributed by atoms with E-state index >= 15 is 0 Å². The Kier molecular flexibility index (Phi) is 8.12. The molecule has 1 aromatic carbocycles. The standard InChI is InChI=1S/C22H18F5N4O7PS2/c1-9-11(15-18(33)29(2)21(34)30(3)19(15)41-9)6-14(32)28-20-31(8-38-39(35,36)37)13(7-40-20)10-4-5-12(23)16(17(10)24)22(25,26)27/h4-5,7H,6,8H2,1-3H3,(H2,35,36,37)/b28-20-. The van der Waals surface area contributed by atoms with Gasteiger partial charge >= 0.3 is 19.7 Å². The summed E-state index contributed by atoms with van der Waals surface area (Å²) < 4.78 is 87.2. The van der Waals surface area contributed by atoms with Crippen LogP contribution in [0.15, 0.2) is 32.1 Å². The molecule has 0 bridgehead atoms. The first kappa shape index (κ1) is 30.7. The van der Waals surface area contributed by atoms with Crippen LogP contribution in [0.2, 0.25) is 0 Å². The smallest absolute Gasteiger partial charge is 0.303 e. The maximum atomic E-state index is 14.9. The van der Waals surface area contributed by atoms with Gasteiger partial charge in [-0.2, -0.15) is 18.2 Å². The Bertz CT molecular complexity index is 1950. The third kappa shape index (κ3) is 5.89. The molecule has 11 nitrogen and oxygen atoms in total. The molecule has 2 N–H and O–H groups in total. The van der Waals surface area contributed by atoms with Crippen molar-refractivity contribution < 1.29 is 45.6 Å². The second-order valence-corrected chi connectivity index (χ2v) is 11.8. The SMILES string of the molecule is Cc1sc2c(c1CC(=O)/N=c1\scc(-c3ccc(F)c(C(F)(F)F)c3F)n1COP(=O)(O)O)c(=O)n(C)c(=O)n2C. The number of carbonyl (C=O) groups is 1. The third-order valence-electron chi connectivity index (χ3n) is 5.94. The number of phosphoric acid groups is 1. The number of benzene rings is 1. The van der Waals surface area contributed by atoms with Crippen LogP contribution in [-0.4, -0.2) is 29.4 Å². The molecule has 3 aromatic heterocycles. The quantitative estimate of drug-likeness (QED) is 0.243. The van der Waals surface area contributed by atoms with E-state index in [0.29, 0.717) is 33.2 Å². The summed E-state index contributed by atoms with van der Waals surface area (Å²) in [5.41, 5.74) is -4.39. The predicted molar refractivity (Wildman–Crippen MR) is 137 cm³/mol. The van der Waals surface area contributed by atoms with Gasteiger partial charge in [0.15, 0.2) is 4.80 Å². The van der Waals surface area contributed by atoms with Crippen LogP contribution in [0.3, 0.4) is 0 Å². The number of amides is 1. The average molecular weight is 641 g/mol. The molecule has 0 atom stereocenters. The van der Waals surface area contributed by atoms with Crippen molar-refractivity contribution >= 4 is 46.6 Å². The molecule has 4 rings (SSSR count). The number of hydrogen-bond donors (Lipinski definition) is 2. The topological polar surface area (TPSA) is 145 Å². The number of aryl methyl sites for hydroxylation is 2. The Morgan fingerprint density at radius 1 is 1.15 bits per heavy atom. The maximum Gasteiger partial charge on any atom is 0.471 e. The first-order valence-electron chi connectivity index (χ1n) is 11.1. The molecular weight excluding hydrogens is 622 g/mol. The molecule has 0 unspecified atom stereocenters. The molecule has 0 spiro atoms. The molecule has 220 valence electrons. The zero-order valence-corrected chi connectivity index (χ0v) is 23.6. The second-order valence-electron chi connectivity index (χ2n) is 8.57. The van der Waals surface area contributed by atoms with Crippen molar-refractivity contribution in [2.24, 2.45) is 19.1 Å². The van der Waals surface area contributed by atoms with Crippen molar-refractivity contribution in [1.29, 1.82) is 0 Å². The summed E-state index contributed by atoms with van der Waals surface area (Å²) in [5, 5.41) is 1.15. The van der Waals surface area contributed by atoms with Crippen molar-refractivity contribution in [2.75, 3.05) is 0 Å². The van der Waals surface area contributed by atoms with Crippen molar-refractivity contribution in [3.8, 4) is 11.3 Å². The van der Waals surface area contributed by atoms with Crippen LogP contribution in [0, 0.1) is 18.6 Å². The molecule has 3 heterocycles. The van der Waals surface area contributed by atoms with E-state index in [0.717, 1.165) is 25.9 Å². The number of thiophene rings is 1. The highest BCUT2D eigenvalue weighted by Crippen LogP contribution is 2.39. The minimum absolute atomic E-state index is 0.110. The Balaban J connectivity index is 1.85. The van der Waals surface area contributed by atoms with Crippen molar-refractivity contribution in [1.82, 2.24) is 13.7 Å². The van der Waals surface area contributed by atoms with Crippen LogP contribution in [0.5, 0.6) is 0 Å². The highest BCUT2D eigenvalue weighted by atomic mass is 32.1. The Morgan fingerprint density at radius 3 is 2.41 bits per heavy atom. The zero-order chi connectivity index (χ0) is 30.6. The molecule has 19 heteroatoms. The lowest BCUT2D eigenvalue weighted by molar-refractivity contribution is -0.142. The minimum atomic E-state index is -5.40. The zero-order valence-electron chi connectivity index (χ0n) is 21.0. The van der Waals surface area contributed by atoms with E-state index < -0.39 is 72.8 Å². The normalized spacial score (nSPS) is 13.0. The van der Waals surface area contributed by atoms with E-state index in [4.69, 9.17) is 9.79 Å². The second kappa shape index (κ2) is 10.8. The molecule has 0 saturated carbocycles. The number of nitrogens with zero attached hydrogens (tertiary/aromatic N) is 4. The molecule has 0 aliphatic rings. The summed E-state index contributed by atoms with van der Waals surface area (Å²) in [6, 6.07) is 1.05. The van der Waals surface area contributed by atoms with Gasteiger partial charge in [-0.3, -0.25) is 27.8 Å². The molecule has 0 aliphatic heterocycles. The highest BCUT2D eigenvalue weighted by molar-refractivity contribution is 7.46. The van der Waals surface area contributed by atoms with Crippen molar-refractivity contribution in [2.45, 2.75) is 26.3 Å². The Hall–Kier alpha value is -3.28. The lowest BCUT2D eigenvalue weighted by Crippen LogP contribution is -2.36. The third-order valence-corrected chi connectivity index (χ3v) is 8.48. The number of aromatic nitrogens is 3. The van der Waals surface area contributed by atoms with Gasteiger partial charge in [0, 0.05) is 29.9 Å². The molecule has 0 radical (unpaired) electrons. The molecule has 4 aromatic rings. The fourth-order valence-electron chi connectivity index (χ4n) is 4.00. The van der Waals surface area contributed by atoms with Crippen LogP contribution in [0.1, 0.15) is 16.0 Å². The number of alkyl halides is 3. The number of thiazole rings is 1. The van der Waals surface area contributed by atoms with E-state index in [2.05, 4.69) is 9.52 Å². The van der Waals surface area contributed by atoms with Gasteiger partial charge in [0.1, 0.15) is 28.8 Å². The summed E-state index contributed by atoms with van der Waals surface area (Å²) in [6.45, 7) is 0.542. The van der Waals surface area contributed by atoms with Gasteiger partial charge in [-0.05, 0) is 24.6 Å². The van der Waals surface area contributed by atoms with Crippen molar-refractivity contribution in [3.05, 3.63) is 70.8 Å². The van der Waals surface area contributed by atoms with Gasteiger partial charge in [-0.1, -0.05) is 0 Å². The Labute approximate surface area is 233 Å². The van der Waals surface area contributed by atoms with Gasteiger partial charge in [0.2, 0.25) is 0 Å². The van der Waals surface area contributed by atoms with Gasteiger partial charge in [-0.15, -0.1) is 22.7 Å². The first-order chi connectivity index (χ1) is 18.9. The van der Waals surface area contributed by atoms with E-state index in [1.165, 1.54) is 18.7 Å². The van der Waals surface area contributed by atoms with E-state index in [1.54, 1.807) is 6.92 Å². The van der Waals surface area contributed by atoms with Crippen LogP contribution in [0.4, 0.5) is 22.0 Å². The molecular formula is C22H18F5N4O7PS2. The fourth-order valence-corrected chi connectivity index (χ4v) is 6.28. The van der Waals surface area contributed by atoms with Gasteiger partial charge < -0.3 is 9.79 Å². The summed E-state index contributed by atoms with van der Waals surface area (Å²) in [7, 11) is -2.45. The summed E-state index contributed by atoms with van der Waals surface area (Å²) in [4.78, 5) is 60.7. The van der Waals surface area contributed by atoms with Crippen molar-refractivity contribution in [3.63, 3.8) is 0 Å². The molecule has 41 heavy (non-hydrogen) atoms. The molecule has 0 aliphatic carbocycles. The van der Waals surface area contributed by atoms with E-state index in [-0.39, 0.29) is 15.8 Å². The summed E-state index contributed by atoms with van der Waals surface area (Å²) in [6.07, 6.45) is -5.87. The number of rotatable bonds is 6. The highest BCUT2D eigenvalue weighted by Gasteiger charge is 2.39. The number of halogens is 5. The maximum absolute atomic E-state index is 14.9. The first-order valence-corrected chi connectivity index (χ1v) is 14.3. The molecule has 0 saturated heterocycles. The van der Waals surface area contributed by atoms with Crippen LogP contribution in [-0.2, 0) is 47.3 Å². The lowest BCUT2D eigenvalue weighted by Gasteiger charge is -2.14. The van der Waals surface area contributed by atoms with Crippen LogP contribution < -0.4 is 16.1 Å². The lowest BCUT2D eigenvalue weighted by atomic mass is 10.1. The van der Waals surface area contributed by atoms with E-state index in [1.807, 2.05) is 0 Å². The van der Waals surface area contributed by atoms with E-state index in [9.17, 15) is 40.9 Å². The number of phosphoric ester groups is 1. The van der Waals surface area contributed by atoms with Crippen LogP contribution >= 0.6 is 30.5 Å². The summed E-state index contributed by atoms with van der Waals surface area (Å²) in [5.74, 6) is -4.77. The Morgan fingerprint density at radius 2 is 1.80 bits per heavy atom. The monoisotopic (exact) mass is 640 g/mol.